The molecule has 0 saturated carbocycles. The summed E-state index contributed by atoms with van der Waals surface area (Å²) in [5, 5.41) is 11.7. The highest BCUT2D eigenvalue weighted by Gasteiger charge is 2.13. The number of hydrogen-bond donors (Lipinski definition) is 1. The molecule has 3 nitrogen and oxygen atoms in total. The van der Waals surface area contributed by atoms with Crippen LogP contribution in [-0.4, -0.2) is 37.1 Å². The SMILES string of the molecule is C[C@@H]1CN(CC#N)CCN1. The van der Waals surface area contributed by atoms with Gasteiger partial charge in [-0.15, -0.1) is 0 Å². The van der Waals surface area contributed by atoms with Crippen LogP contribution in [-0.2, 0) is 0 Å². The summed E-state index contributed by atoms with van der Waals surface area (Å²) in [6.07, 6.45) is 0. The van der Waals surface area contributed by atoms with Gasteiger partial charge in [0.05, 0.1) is 12.6 Å². The zero-order valence-electron chi connectivity index (χ0n) is 6.30. The van der Waals surface area contributed by atoms with Gasteiger partial charge in [0.15, 0.2) is 0 Å². The second-order valence-electron chi connectivity index (χ2n) is 2.75. The summed E-state index contributed by atoms with van der Waals surface area (Å²) in [6.45, 7) is 5.75. The topological polar surface area (TPSA) is 39.1 Å². The number of nitrogens with one attached hydrogen (secondary N) is 1. The first-order chi connectivity index (χ1) is 4.83. The molecule has 56 valence electrons. The van der Waals surface area contributed by atoms with Crippen molar-refractivity contribution in [1.82, 2.24) is 10.2 Å². The Hall–Kier alpha value is -0.590. The lowest BCUT2D eigenvalue weighted by atomic mass is 10.2. The quantitative estimate of drug-likeness (QED) is 0.511. The van der Waals surface area contributed by atoms with Gasteiger partial charge in [-0.05, 0) is 6.92 Å². The van der Waals surface area contributed by atoms with Gasteiger partial charge in [0.2, 0.25) is 0 Å². The van der Waals surface area contributed by atoms with Gasteiger partial charge in [-0.3, -0.25) is 4.90 Å². The smallest absolute Gasteiger partial charge is 0.0866 e. The van der Waals surface area contributed by atoms with E-state index in [1.54, 1.807) is 0 Å². The van der Waals surface area contributed by atoms with Crippen LogP contribution in [0.25, 0.3) is 0 Å². The summed E-state index contributed by atoms with van der Waals surface area (Å²) < 4.78 is 0. The van der Waals surface area contributed by atoms with Gasteiger partial charge in [-0.25, -0.2) is 0 Å². The van der Waals surface area contributed by atoms with Crippen LogP contribution in [0.2, 0.25) is 0 Å². The van der Waals surface area contributed by atoms with E-state index in [9.17, 15) is 0 Å². The molecule has 0 aromatic heterocycles. The normalized spacial score (nSPS) is 27.8. The Bertz CT molecular complexity index is 138. The third kappa shape index (κ3) is 1.98. The van der Waals surface area contributed by atoms with E-state index in [4.69, 9.17) is 5.26 Å². The molecule has 10 heavy (non-hydrogen) atoms. The van der Waals surface area contributed by atoms with Crippen LogP contribution in [0.4, 0.5) is 0 Å². The maximum atomic E-state index is 8.39. The Labute approximate surface area is 61.6 Å². The summed E-state index contributed by atoms with van der Waals surface area (Å²) in [5.41, 5.74) is 0. The molecule has 1 N–H and O–H groups in total. The van der Waals surface area contributed by atoms with Crippen molar-refractivity contribution in [3.05, 3.63) is 0 Å². The molecule has 0 spiro atoms. The lowest BCUT2D eigenvalue weighted by Crippen LogP contribution is -2.49. The van der Waals surface area contributed by atoms with Crippen LogP contribution in [0.5, 0.6) is 0 Å². The highest BCUT2D eigenvalue weighted by atomic mass is 15.2. The molecule has 0 aromatic carbocycles. The molecule has 0 aromatic rings. The number of hydrogen-bond acceptors (Lipinski definition) is 3. The number of nitrogens with zero attached hydrogens (tertiary/aromatic N) is 2. The molecule has 1 aliphatic heterocycles. The predicted molar refractivity (Wildman–Crippen MR) is 39.5 cm³/mol. The van der Waals surface area contributed by atoms with Crippen molar-refractivity contribution in [3.63, 3.8) is 0 Å². The molecule has 1 aliphatic rings. The summed E-state index contributed by atoms with van der Waals surface area (Å²) in [5.74, 6) is 0. The first-order valence-corrected chi connectivity index (χ1v) is 3.65. The third-order valence-corrected chi connectivity index (χ3v) is 1.75. The minimum Gasteiger partial charge on any atom is -0.312 e. The summed E-state index contributed by atoms with van der Waals surface area (Å²) >= 11 is 0. The molecule has 0 amide bonds. The molecule has 0 bridgehead atoms. The fourth-order valence-corrected chi connectivity index (χ4v) is 1.26. The maximum absolute atomic E-state index is 8.39. The first-order valence-electron chi connectivity index (χ1n) is 3.65. The van der Waals surface area contributed by atoms with Gasteiger partial charge >= 0.3 is 0 Å². The maximum Gasteiger partial charge on any atom is 0.0866 e. The molecule has 1 heterocycles. The van der Waals surface area contributed by atoms with Crippen LogP contribution in [0.15, 0.2) is 0 Å². The molecule has 1 atom stereocenters. The summed E-state index contributed by atoms with van der Waals surface area (Å²) in [4.78, 5) is 2.17. The zero-order chi connectivity index (χ0) is 7.40. The van der Waals surface area contributed by atoms with Crippen LogP contribution >= 0.6 is 0 Å². The van der Waals surface area contributed by atoms with Crippen molar-refractivity contribution in [1.29, 1.82) is 5.26 Å². The molecule has 0 radical (unpaired) electrons. The molecule has 1 fully saturated rings. The van der Waals surface area contributed by atoms with Gasteiger partial charge in [0.25, 0.3) is 0 Å². The minimum absolute atomic E-state index is 0.544. The van der Waals surface area contributed by atoms with Gasteiger partial charge in [0.1, 0.15) is 0 Å². The van der Waals surface area contributed by atoms with Gasteiger partial charge in [-0.2, -0.15) is 5.26 Å². The lowest BCUT2D eigenvalue weighted by Gasteiger charge is -2.29. The average molecular weight is 139 g/mol. The Morgan fingerprint density at radius 3 is 3.20 bits per heavy atom. The van der Waals surface area contributed by atoms with Crippen LogP contribution in [0, 0.1) is 11.3 Å². The summed E-state index contributed by atoms with van der Waals surface area (Å²) in [7, 11) is 0. The van der Waals surface area contributed by atoms with E-state index >= 15 is 0 Å². The van der Waals surface area contributed by atoms with E-state index in [0.29, 0.717) is 12.6 Å². The second-order valence-corrected chi connectivity index (χ2v) is 2.75. The first kappa shape index (κ1) is 7.52. The highest BCUT2D eigenvalue weighted by molar-refractivity contribution is 4.82. The largest absolute Gasteiger partial charge is 0.312 e. The Morgan fingerprint density at radius 1 is 1.80 bits per heavy atom. The van der Waals surface area contributed by atoms with Crippen LogP contribution in [0.3, 0.4) is 0 Å². The molecular weight excluding hydrogens is 126 g/mol. The standard InChI is InChI=1S/C7H13N3/c1-7-6-10(4-2-8)5-3-9-7/h7,9H,3-6H2,1H3/t7-/m1/s1. The van der Waals surface area contributed by atoms with Crippen molar-refractivity contribution in [2.45, 2.75) is 13.0 Å². The summed E-state index contributed by atoms with van der Waals surface area (Å²) in [6, 6.07) is 2.70. The fourth-order valence-electron chi connectivity index (χ4n) is 1.26. The van der Waals surface area contributed by atoms with Crippen LogP contribution in [0.1, 0.15) is 6.92 Å². The number of piperazine rings is 1. The Balaban J connectivity index is 2.27. The molecular formula is C7H13N3. The molecule has 3 heteroatoms. The van der Waals surface area contributed by atoms with Gasteiger partial charge in [-0.1, -0.05) is 0 Å². The second kappa shape index (κ2) is 3.55. The van der Waals surface area contributed by atoms with Gasteiger partial charge in [0, 0.05) is 25.7 Å². The van der Waals surface area contributed by atoms with E-state index in [1.807, 2.05) is 0 Å². The van der Waals surface area contributed by atoms with Crippen LogP contribution < -0.4 is 5.32 Å². The van der Waals surface area contributed by atoms with Crippen molar-refractivity contribution < 1.29 is 0 Å². The Morgan fingerprint density at radius 2 is 2.60 bits per heavy atom. The van der Waals surface area contributed by atoms with E-state index in [1.165, 1.54) is 0 Å². The number of nitriles is 1. The molecule has 0 aliphatic carbocycles. The fraction of sp³-hybridized carbons (Fsp3) is 0.857. The van der Waals surface area contributed by atoms with E-state index < -0.39 is 0 Å². The highest BCUT2D eigenvalue weighted by Crippen LogP contribution is 1.96. The monoisotopic (exact) mass is 139 g/mol. The van der Waals surface area contributed by atoms with Crippen molar-refractivity contribution in [2.24, 2.45) is 0 Å². The van der Waals surface area contributed by atoms with E-state index in [0.717, 1.165) is 19.6 Å². The minimum atomic E-state index is 0.544. The van der Waals surface area contributed by atoms with Crippen molar-refractivity contribution >= 4 is 0 Å². The molecule has 1 rings (SSSR count). The van der Waals surface area contributed by atoms with Crippen molar-refractivity contribution in [3.8, 4) is 6.07 Å². The van der Waals surface area contributed by atoms with Crippen molar-refractivity contribution in [2.75, 3.05) is 26.2 Å². The van der Waals surface area contributed by atoms with E-state index in [-0.39, 0.29) is 0 Å². The predicted octanol–water partition coefficient (Wildman–Crippen LogP) is -0.196. The Kier molecular flexibility index (Phi) is 2.67. The molecule has 1 saturated heterocycles. The average Bonchev–Trinajstić information content (AvgIpc) is 1.88. The van der Waals surface area contributed by atoms with E-state index in [2.05, 4.69) is 23.2 Å². The third-order valence-electron chi connectivity index (χ3n) is 1.75. The lowest BCUT2D eigenvalue weighted by molar-refractivity contribution is 0.229. The zero-order valence-corrected chi connectivity index (χ0v) is 6.30. The van der Waals surface area contributed by atoms with Gasteiger partial charge < -0.3 is 5.32 Å². The molecule has 0 unspecified atom stereocenters. The number of rotatable bonds is 1.